The largest absolute Gasteiger partial charge is 0.487 e. The Morgan fingerprint density at radius 1 is 1.26 bits per heavy atom. The third kappa shape index (κ3) is 5.94. The molecule has 0 aliphatic carbocycles. The second-order valence-electron chi connectivity index (χ2n) is 5.58. The van der Waals surface area contributed by atoms with E-state index in [9.17, 15) is 9.59 Å². The molecule has 0 heterocycles. The molecule has 0 radical (unpaired) electrons. The number of rotatable bonds is 5. The van der Waals surface area contributed by atoms with Gasteiger partial charge in [-0.3, -0.25) is 10.1 Å². The Morgan fingerprint density at radius 3 is 2.48 bits per heavy atom. The van der Waals surface area contributed by atoms with Crippen LogP contribution in [0.15, 0.2) is 50.9 Å². The van der Waals surface area contributed by atoms with Gasteiger partial charge in [0.2, 0.25) is 0 Å². The highest BCUT2D eigenvalue weighted by atomic mass is 79.9. The van der Waals surface area contributed by atoms with Crippen molar-refractivity contribution < 1.29 is 14.3 Å². The minimum Gasteiger partial charge on any atom is -0.487 e. The molecule has 27 heavy (non-hydrogen) atoms. The molecule has 0 unspecified atom stereocenters. The zero-order valence-electron chi connectivity index (χ0n) is 14.3. The number of ether oxygens (including phenoxy) is 1. The van der Waals surface area contributed by atoms with Gasteiger partial charge in [-0.25, -0.2) is 4.79 Å². The van der Waals surface area contributed by atoms with Gasteiger partial charge >= 0.3 is 6.03 Å². The number of nitrogens with two attached hydrogens (primary N) is 1. The average Bonchev–Trinajstić information content (AvgIpc) is 2.58. The molecular weight excluding hydrogens is 478 g/mol. The number of carbonyl (C=O) groups excluding carboxylic acids is 2. The summed E-state index contributed by atoms with van der Waals surface area (Å²) in [7, 11) is 0. The van der Waals surface area contributed by atoms with Crippen LogP contribution in [0.25, 0.3) is 6.08 Å². The number of benzene rings is 2. The summed E-state index contributed by atoms with van der Waals surface area (Å²) in [6.45, 7) is 2.40. The van der Waals surface area contributed by atoms with Gasteiger partial charge in [0.15, 0.2) is 0 Å². The van der Waals surface area contributed by atoms with E-state index >= 15 is 0 Å². The fraction of sp³-hybridized carbons (Fsp3) is 0.105. The van der Waals surface area contributed by atoms with E-state index in [0.29, 0.717) is 26.9 Å². The molecule has 6 nitrogen and oxygen atoms in total. The van der Waals surface area contributed by atoms with Crippen molar-refractivity contribution >= 4 is 49.9 Å². The molecule has 0 spiro atoms. The van der Waals surface area contributed by atoms with E-state index < -0.39 is 11.9 Å². The normalized spacial score (nSPS) is 10.8. The van der Waals surface area contributed by atoms with Crippen LogP contribution in [0, 0.1) is 18.3 Å². The van der Waals surface area contributed by atoms with Gasteiger partial charge in [-0.15, -0.1) is 0 Å². The van der Waals surface area contributed by atoms with Crippen LogP contribution < -0.4 is 15.8 Å². The zero-order chi connectivity index (χ0) is 20.0. The lowest BCUT2D eigenvalue weighted by Gasteiger charge is -2.12. The van der Waals surface area contributed by atoms with Crippen molar-refractivity contribution in [3.63, 3.8) is 0 Å². The fourth-order valence-electron chi connectivity index (χ4n) is 2.25. The van der Waals surface area contributed by atoms with Crippen LogP contribution in [-0.4, -0.2) is 11.9 Å². The van der Waals surface area contributed by atoms with Gasteiger partial charge in [0.1, 0.15) is 24.0 Å². The Kier molecular flexibility index (Phi) is 7.16. The van der Waals surface area contributed by atoms with Crippen molar-refractivity contribution in [1.82, 2.24) is 5.32 Å². The number of hydrogen-bond donors (Lipinski definition) is 2. The van der Waals surface area contributed by atoms with Crippen LogP contribution in [0.4, 0.5) is 4.79 Å². The number of aryl methyl sites for hydroxylation is 1. The Bertz CT molecular complexity index is 942. The second kappa shape index (κ2) is 9.35. The van der Waals surface area contributed by atoms with Crippen molar-refractivity contribution in [1.29, 1.82) is 5.26 Å². The lowest BCUT2D eigenvalue weighted by atomic mass is 10.1. The summed E-state index contributed by atoms with van der Waals surface area (Å²) in [6.07, 6.45) is 1.35. The minimum absolute atomic E-state index is 0.249. The predicted octanol–water partition coefficient (Wildman–Crippen LogP) is 4.20. The molecule has 2 aromatic carbocycles. The number of urea groups is 1. The Hall–Kier alpha value is -2.63. The predicted molar refractivity (Wildman–Crippen MR) is 109 cm³/mol. The first-order chi connectivity index (χ1) is 12.8. The first kappa shape index (κ1) is 20.7. The highest BCUT2D eigenvalue weighted by molar-refractivity contribution is 9.11. The van der Waals surface area contributed by atoms with Gasteiger partial charge in [0, 0.05) is 0 Å². The van der Waals surface area contributed by atoms with Crippen LogP contribution in [0.3, 0.4) is 0 Å². The van der Waals surface area contributed by atoms with Gasteiger partial charge in [0.05, 0.1) is 8.95 Å². The average molecular weight is 493 g/mol. The molecule has 2 aromatic rings. The van der Waals surface area contributed by atoms with E-state index in [2.05, 4.69) is 31.9 Å². The van der Waals surface area contributed by atoms with Crippen LogP contribution in [0.5, 0.6) is 5.75 Å². The Balaban J connectivity index is 2.23. The second-order valence-corrected chi connectivity index (χ2v) is 7.29. The van der Waals surface area contributed by atoms with Crippen LogP contribution in [0.2, 0.25) is 0 Å². The minimum atomic E-state index is -1.02. The first-order valence-corrected chi connectivity index (χ1v) is 9.28. The van der Waals surface area contributed by atoms with Gasteiger partial charge in [-0.05, 0) is 68.1 Å². The molecule has 0 saturated heterocycles. The summed E-state index contributed by atoms with van der Waals surface area (Å²) in [5.74, 6) is -0.272. The first-order valence-electron chi connectivity index (χ1n) is 7.70. The Morgan fingerprint density at radius 2 is 1.93 bits per heavy atom. The quantitative estimate of drug-likeness (QED) is 0.481. The number of hydrogen-bond acceptors (Lipinski definition) is 4. The maximum absolute atomic E-state index is 11.8. The molecule has 8 heteroatoms. The molecule has 0 bridgehead atoms. The molecule has 0 aromatic heterocycles. The summed E-state index contributed by atoms with van der Waals surface area (Å²) in [6, 6.07) is 12.1. The summed E-state index contributed by atoms with van der Waals surface area (Å²) >= 11 is 6.87. The van der Waals surface area contributed by atoms with Crippen molar-refractivity contribution in [2.24, 2.45) is 5.73 Å². The summed E-state index contributed by atoms with van der Waals surface area (Å²) in [5.41, 5.74) is 7.39. The van der Waals surface area contributed by atoms with E-state index in [1.54, 1.807) is 18.2 Å². The van der Waals surface area contributed by atoms with Gasteiger partial charge in [-0.2, -0.15) is 5.26 Å². The number of carbonyl (C=O) groups is 2. The number of primary amides is 1. The highest BCUT2D eigenvalue weighted by Crippen LogP contribution is 2.36. The SMILES string of the molecule is Cc1cccc(COc2c(Br)cc(/C=C(/C#N)C(=O)NC(N)=O)cc2Br)c1. The van der Waals surface area contributed by atoms with E-state index in [4.69, 9.17) is 15.7 Å². The molecule has 0 aliphatic heterocycles. The molecular formula is C19H15Br2N3O3. The molecule has 0 fully saturated rings. The van der Waals surface area contributed by atoms with E-state index in [-0.39, 0.29) is 5.57 Å². The molecule has 3 amide bonds. The van der Waals surface area contributed by atoms with Crippen molar-refractivity contribution in [2.75, 3.05) is 0 Å². The molecule has 138 valence electrons. The molecule has 3 N–H and O–H groups in total. The Labute approximate surface area is 173 Å². The van der Waals surface area contributed by atoms with Gasteiger partial charge < -0.3 is 10.5 Å². The van der Waals surface area contributed by atoms with E-state index in [0.717, 1.165) is 11.1 Å². The molecule has 0 aliphatic rings. The number of amides is 3. The fourth-order valence-corrected chi connectivity index (χ4v) is 3.70. The van der Waals surface area contributed by atoms with Crippen LogP contribution in [-0.2, 0) is 11.4 Å². The van der Waals surface area contributed by atoms with Gasteiger partial charge in [-0.1, -0.05) is 29.8 Å². The topological polar surface area (TPSA) is 105 Å². The highest BCUT2D eigenvalue weighted by Gasteiger charge is 2.13. The lowest BCUT2D eigenvalue weighted by Crippen LogP contribution is -2.35. The van der Waals surface area contributed by atoms with Crippen molar-refractivity contribution in [3.05, 3.63) is 67.6 Å². The van der Waals surface area contributed by atoms with Crippen LogP contribution in [0.1, 0.15) is 16.7 Å². The standard InChI is InChI=1S/C19H15Br2N3O3/c1-11-3-2-4-12(5-11)10-27-17-15(20)7-13(8-16(17)21)6-14(9-22)18(25)24-19(23)26/h2-8H,10H2,1H3,(H3,23,24,25,26)/b14-6-. The monoisotopic (exact) mass is 491 g/mol. The zero-order valence-corrected chi connectivity index (χ0v) is 17.4. The number of nitrogens with zero attached hydrogens (tertiary/aromatic N) is 1. The molecule has 2 rings (SSSR count). The number of nitrogens with one attached hydrogen (secondary N) is 1. The maximum Gasteiger partial charge on any atom is 0.319 e. The van der Waals surface area contributed by atoms with E-state index in [1.165, 1.54) is 6.08 Å². The third-order valence-corrected chi connectivity index (χ3v) is 4.58. The van der Waals surface area contributed by atoms with Crippen LogP contribution >= 0.6 is 31.9 Å². The number of nitriles is 1. The van der Waals surface area contributed by atoms with Crippen molar-refractivity contribution in [3.8, 4) is 11.8 Å². The lowest BCUT2D eigenvalue weighted by molar-refractivity contribution is -0.115. The summed E-state index contributed by atoms with van der Waals surface area (Å²) < 4.78 is 7.16. The number of halogens is 2. The van der Waals surface area contributed by atoms with E-state index in [1.807, 2.05) is 36.5 Å². The summed E-state index contributed by atoms with van der Waals surface area (Å²) in [4.78, 5) is 22.5. The van der Waals surface area contributed by atoms with Crippen molar-refractivity contribution in [2.45, 2.75) is 13.5 Å². The number of imide groups is 1. The molecule has 0 atom stereocenters. The molecule has 0 saturated carbocycles. The third-order valence-electron chi connectivity index (χ3n) is 3.40. The smallest absolute Gasteiger partial charge is 0.319 e. The summed E-state index contributed by atoms with van der Waals surface area (Å²) in [5, 5.41) is 11.0. The maximum atomic E-state index is 11.8. The van der Waals surface area contributed by atoms with Gasteiger partial charge in [0.25, 0.3) is 5.91 Å².